The first-order chi connectivity index (χ1) is 14.0. The van der Waals surface area contributed by atoms with Crippen molar-refractivity contribution in [3.8, 4) is 0 Å². The van der Waals surface area contributed by atoms with E-state index in [0.717, 1.165) is 56.7 Å². The number of nitrogens with zero attached hydrogens (tertiary/aromatic N) is 4. The molecular formula is C22H39IN6O. The maximum absolute atomic E-state index is 5.62. The van der Waals surface area contributed by atoms with Crippen molar-refractivity contribution in [1.82, 2.24) is 20.5 Å². The van der Waals surface area contributed by atoms with Crippen LogP contribution in [0.4, 0.5) is 5.82 Å². The number of guanidine groups is 1. The smallest absolute Gasteiger partial charge is 0.191 e. The van der Waals surface area contributed by atoms with E-state index in [2.05, 4.69) is 72.2 Å². The lowest BCUT2D eigenvalue weighted by atomic mass is 10.1. The minimum absolute atomic E-state index is 0. The topological polar surface area (TPSA) is 65.0 Å². The summed E-state index contributed by atoms with van der Waals surface area (Å²) < 4.78 is 5.62. The number of ether oxygens (including phenoxy) is 1. The lowest BCUT2D eigenvalue weighted by molar-refractivity contribution is 0.0529. The summed E-state index contributed by atoms with van der Waals surface area (Å²) in [6.45, 7) is 17.3. The summed E-state index contributed by atoms with van der Waals surface area (Å²) >= 11 is 0. The number of hydrogen-bond donors (Lipinski definition) is 2. The van der Waals surface area contributed by atoms with E-state index in [0.29, 0.717) is 24.5 Å². The highest BCUT2D eigenvalue weighted by Gasteiger charge is 2.31. The number of rotatable bonds is 6. The van der Waals surface area contributed by atoms with Crippen molar-refractivity contribution in [3.05, 3.63) is 23.9 Å². The average molecular weight is 530 g/mol. The zero-order valence-electron chi connectivity index (χ0n) is 19.1. The molecule has 0 bridgehead atoms. The summed E-state index contributed by atoms with van der Waals surface area (Å²) in [6.07, 6.45) is 2.20. The first-order valence-corrected chi connectivity index (χ1v) is 11.1. The normalized spacial score (nSPS) is 25.3. The van der Waals surface area contributed by atoms with Gasteiger partial charge in [-0.1, -0.05) is 13.0 Å². The van der Waals surface area contributed by atoms with Gasteiger partial charge in [-0.3, -0.25) is 4.90 Å². The first-order valence-electron chi connectivity index (χ1n) is 11.1. The second-order valence-electron chi connectivity index (χ2n) is 8.62. The van der Waals surface area contributed by atoms with Crippen molar-refractivity contribution in [2.24, 2.45) is 10.9 Å². The highest BCUT2D eigenvalue weighted by Crippen LogP contribution is 2.19. The number of likely N-dealkylation sites (tertiary alicyclic amines) is 1. The van der Waals surface area contributed by atoms with E-state index in [4.69, 9.17) is 9.73 Å². The monoisotopic (exact) mass is 530 g/mol. The summed E-state index contributed by atoms with van der Waals surface area (Å²) in [6, 6.07) is 5.25. The summed E-state index contributed by atoms with van der Waals surface area (Å²) in [5.74, 6) is 2.52. The minimum atomic E-state index is 0. The van der Waals surface area contributed by atoms with E-state index in [1.165, 1.54) is 0 Å². The molecule has 0 aliphatic carbocycles. The zero-order valence-corrected chi connectivity index (χ0v) is 21.4. The molecule has 2 fully saturated rings. The van der Waals surface area contributed by atoms with Crippen LogP contribution in [0.3, 0.4) is 0 Å². The third-order valence-electron chi connectivity index (χ3n) is 5.83. The zero-order chi connectivity index (χ0) is 20.8. The molecular weight excluding hydrogens is 491 g/mol. The summed E-state index contributed by atoms with van der Waals surface area (Å²) in [7, 11) is 0. The largest absolute Gasteiger partial charge is 0.375 e. The Morgan fingerprint density at radius 2 is 2.07 bits per heavy atom. The molecule has 2 aliphatic heterocycles. The molecule has 2 saturated heterocycles. The highest BCUT2D eigenvalue weighted by molar-refractivity contribution is 14.0. The molecule has 3 heterocycles. The number of hydrogen-bond acceptors (Lipinski definition) is 5. The third kappa shape index (κ3) is 6.95. The number of nitrogens with one attached hydrogen (secondary N) is 2. The minimum Gasteiger partial charge on any atom is -0.375 e. The Hall–Kier alpha value is -1.13. The van der Waals surface area contributed by atoms with Crippen LogP contribution in [0.25, 0.3) is 0 Å². The number of morpholine rings is 1. The fraction of sp³-hybridized carbons (Fsp3) is 0.727. The van der Waals surface area contributed by atoms with Crippen LogP contribution in [0.5, 0.6) is 0 Å². The van der Waals surface area contributed by atoms with Gasteiger partial charge in [-0.05, 0) is 45.2 Å². The molecule has 30 heavy (non-hydrogen) atoms. The van der Waals surface area contributed by atoms with Crippen molar-refractivity contribution in [3.63, 3.8) is 0 Å². The van der Waals surface area contributed by atoms with Gasteiger partial charge in [-0.25, -0.2) is 9.98 Å². The molecule has 1 aromatic rings. The molecule has 1 aromatic heterocycles. The van der Waals surface area contributed by atoms with Gasteiger partial charge in [0.15, 0.2) is 5.96 Å². The second-order valence-corrected chi connectivity index (χ2v) is 8.62. The van der Waals surface area contributed by atoms with E-state index in [-0.39, 0.29) is 30.1 Å². The Morgan fingerprint density at radius 1 is 1.27 bits per heavy atom. The molecule has 0 amide bonds. The number of halogens is 1. The highest BCUT2D eigenvalue weighted by atomic mass is 127. The Balaban J connectivity index is 0.00000320. The predicted molar refractivity (Wildman–Crippen MR) is 135 cm³/mol. The SMILES string of the molecule is CCNC(=NCc1ccc(N2CCOC(C)C2)nc1)NC1CN(C(C)C)CC1C.I. The molecule has 2 aliphatic rings. The van der Waals surface area contributed by atoms with E-state index in [1.54, 1.807) is 0 Å². The van der Waals surface area contributed by atoms with Crippen LogP contribution >= 0.6 is 24.0 Å². The summed E-state index contributed by atoms with van der Waals surface area (Å²) in [5, 5.41) is 7.03. The standard InChI is InChI=1S/C22H38N6O.HI/c1-6-23-22(26-20-15-28(16(2)3)13-17(20)4)25-12-19-7-8-21(24-11-19)27-9-10-29-18(5)14-27;/h7-8,11,16-18,20H,6,9-10,12-15H2,1-5H3,(H2,23,25,26);1H. The van der Waals surface area contributed by atoms with E-state index in [9.17, 15) is 0 Å². The van der Waals surface area contributed by atoms with Crippen LogP contribution in [0.1, 0.15) is 40.2 Å². The molecule has 2 N–H and O–H groups in total. The molecule has 0 aromatic carbocycles. The van der Waals surface area contributed by atoms with Gasteiger partial charge in [0, 0.05) is 51.0 Å². The predicted octanol–water partition coefficient (Wildman–Crippen LogP) is 2.71. The van der Waals surface area contributed by atoms with Gasteiger partial charge in [0.1, 0.15) is 5.82 Å². The number of anilines is 1. The maximum atomic E-state index is 5.62. The van der Waals surface area contributed by atoms with Gasteiger partial charge in [0.05, 0.1) is 19.3 Å². The lowest BCUT2D eigenvalue weighted by Crippen LogP contribution is -2.46. The second kappa shape index (κ2) is 12.0. The van der Waals surface area contributed by atoms with Crippen molar-refractivity contribution < 1.29 is 4.74 Å². The molecule has 0 radical (unpaired) electrons. The molecule has 0 saturated carbocycles. The molecule has 170 valence electrons. The van der Waals surface area contributed by atoms with Gasteiger partial charge >= 0.3 is 0 Å². The average Bonchev–Trinajstić information content (AvgIpc) is 3.07. The summed E-state index contributed by atoms with van der Waals surface area (Å²) in [4.78, 5) is 14.3. The molecule has 3 unspecified atom stereocenters. The Bertz CT molecular complexity index is 668. The van der Waals surface area contributed by atoms with E-state index in [1.807, 2.05) is 6.20 Å². The molecule has 3 atom stereocenters. The fourth-order valence-corrected chi connectivity index (χ4v) is 4.00. The quantitative estimate of drug-likeness (QED) is 0.335. The molecule has 0 spiro atoms. The van der Waals surface area contributed by atoms with Gasteiger partial charge in [-0.2, -0.15) is 0 Å². The van der Waals surface area contributed by atoms with Gasteiger partial charge in [0.2, 0.25) is 0 Å². The van der Waals surface area contributed by atoms with Crippen molar-refractivity contribution in [2.75, 3.05) is 44.2 Å². The van der Waals surface area contributed by atoms with Crippen molar-refractivity contribution in [1.29, 1.82) is 0 Å². The summed E-state index contributed by atoms with van der Waals surface area (Å²) in [5.41, 5.74) is 1.12. The van der Waals surface area contributed by atoms with Crippen molar-refractivity contribution in [2.45, 2.75) is 59.4 Å². The molecule has 8 heteroatoms. The molecule has 7 nitrogen and oxygen atoms in total. The number of aliphatic imine (C=N–C) groups is 1. The van der Waals surface area contributed by atoms with Crippen molar-refractivity contribution >= 4 is 35.8 Å². The van der Waals surface area contributed by atoms with E-state index >= 15 is 0 Å². The van der Waals surface area contributed by atoms with Crippen LogP contribution in [0.15, 0.2) is 23.3 Å². The van der Waals surface area contributed by atoms with E-state index < -0.39 is 0 Å². The number of aromatic nitrogens is 1. The molecule has 3 rings (SSSR count). The fourth-order valence-electron chi connectivity index (χ4n) is 4.00. The van der Waals surface area contributed by atoms with Crippen LogP contribution < -0.4 is 15.5 Å². The van der Waals surface area contributed by atoms with Crippen LogP contribution in [-0.2, 0) is 11.3 Å². The van der Waals surface area contributed by atoms with Gasteiger partial charge in [-0.15, -0.1) is 24.0 Å². The van der Waals surface area contributed by atoms with Gasteiger partial charge in [0.25, 0.3) is 0 Å². The van der Waals surface area contributed by atoms with Gasteiger partial charge < -0.3 is 20.3 Å². The maximum Gasteiger partial charge on any atom is 0.191 e. The third-order valence-corrected chi connectivity index (χ3v) is 5.83. The lowest BCUT2D eigenvalue weighted by Gasteiger charge is -2.32. The Labute approximate surface area is 199 Å². The first kappa shape index (κ1) is 25.1. The Morgan fingerprint density at radius 3 is 2.67 bits per heavy atom. The Kier molecular flexibility index (Phi) is 10.1. The van der Waals surface area contributed by atoms with Crippen LogP contribution in [-0.4, -0.2) is 73.4 Å². The van der Waals surface area contributed by atoms with Crippen LogP contribution in [0, 0.1) is 5.92 Å². The number of pyridine rings is 1. The van der Waals surface area contributed by atoms with Crippen LogP contribution in [0.2, 0.25) is 0 Å².